The van der Waals surface area contributed by atoms with Crippen molar-refractivity contribution in [3.05, 3.63) is 17.7 Å². The SMILES string of the molecule is C.C.C.C.C.N=C=O.N=C=O.O=C(O)c1cc(O)c(O)c(O)c1. The summed E-state index contributed by atoms with van der Waals surface area (Å²) in [6.07, 6.45) is 1.50. The number of hydrogen-bond donors (Lipinski definition) is 6. The summed E-state index contributed by atoms with van der Waals surface area (Å²) < 4.78 is 0. The number of benzene rings is 1. The van der Waals surface area contributed by atoms with Crippen LogP contribution < -0.4 is 0 Å². The fourth-order valence-corrected chi connectivity index (χ4v) is 0.728. The van der Waals surface area contributed by atoms with Gasteiger partial charge in [-0.15, -0.1) is 0 Å². The molecule has 0 atom stereocenters. The number of aromatic carboxylic acids is 1. The van der Waals surface area contributed by atoms with E-state index >= 15 is 0 Å². The molecule has 0 unspecified atom stereocenters. The van der Waals surface area contributed by atoms with Gasteiger partial charge >= 0.3 is 5.97 Å². The number of isocyanates is 2. The lowest BCUT2D eigenvalue weighted by atomic mass is 10.2. The molecule has 0 aromatic heterocycles. The Bertz CT molecular complexity index is 455. The van der Waals surface area contributed by atoms with Crippen molar-refractivity contribution in [2.75, 3.05) is 0 Å². The number of aromatic hydroxyl groups is 3. The molecule has 0 aliphatic rings. The van der Waals surface area contributed by atoms with Crippen molar-refractivity contribution < 1.29 is 34.8 Å². The fraction of sp³-hybridized carbons (Fsp3) is 0.357. The molecule has 0 bridgehead atoms. The molecule has 9 heteroatoms. The predicted octanol–water partition coefficient (Wildman–Crippen LogP) is 3.48. The zero-order chi connectivity index (χ0) is 14.7. The Morgan fingerprint density at radius 2 is 1.04 bits per heavy atom. The standard InChI is InChI=1S/C7H6O5.2CHNO.5CH4/c8-4-1-3(7(11)12)2-5(9)6(4)10;2*2-1-3;;;;;/h1-2,8-10H,(H,11,12);2*2H;5*1H4. The molecule has 0 spiro atoms. The summed E-state index contributed by atoms with van der Waals surface area (Å²) in [5.41, 5.74) is -0.289. The lowest BCUT2D eigenvalue weighted by Gasteiger charge is -2.01. The van der Waals surface area contributed by atoms with Gasteiger partial charge in [0.1, 0.15) is 0 Å². The van der Waals surface area contributed by atoms with Crippen molar-refractivity contribution in [2.45, 2.75) is 37.1 Å². The summed E-state index contributed by atoms with van der Waals surface area (Å²) in [6, 6.07) is 1.69. The molecule has 0 radical (unpaired) electrons. The van der Waals surface area contributed by atoms with Crippen molar-refractivity contribution in [1.82, 2.24) is 0 Å². The van der Waals surface area contributed by atoms with E-state index in [1.807, 2.05) is 0 Å². The number of carboxylic acids is 1. The van der Waals surface area contributed by atoms with E-state index in [-0.39, 0.29) is 42.7 Å². The van der Waals surface area contributed by atoms with Crippen LogP contribution in [0.4, 0.5) is 0 Å². The second kappa shape index (κ2) is 23.9. The van der Waals surface area contributed by atoms with Crippen molar-refractivity contribution in [2.24, 2.45) is 0 Å². The molecular weight excluding hydrogens is 308 g/mol. The lowest BCUT2D eigenvalue weighted by Crippen LogP contribution is -1.95. The normalized spacial score (nSPS) is 5.74. The van der Waals surface area contributed by atoms with Crippen LogP contribution in [0.5, 0.6) is 17.2 Å². The van der Waals surface area contributed by atoms with Gasteiger partial charge in [0.2, 0.25) is 12.2 Å². The largest absolute Gasteiger partial charge is 0.504 e. The maximum absolute atomic E-state index is 10.3. The molecular formula is C14H28N2O7. The van der Waals surface area contributed by atoms with Crippen LogP contribution >= 0.6 is 0 Å². The average molecular weight is 336 g/mol. The number of carbonyl (C=O) groups excluding carboxylic acids is 2. The molecule has 9 nitrogen and oxygen atoms in total. The molecule has 0 fully saturated rings. The van der Waals surface area contributed by atoms with E-state index in [4.69, 9.17) is 40.8 Å². The van der Waals surface area contributed by atoms with Crippen LogP contribution in [0.2, 0.25) is 0 Å². The van der Waals surface area contributed by atoms with Crippen LogP contribution in [-0.2, 0) is 9.59 Å². The first-order valence-corrected chi connectivity index (χ1v) is 3.91. The summed E-state index contributed by atoms with van der Waals surface area (Å²) in [5, 5.41) is 45.8. The predicted molar refractivity (Wildman–Crippen MR) is 88.9 cm³/mol. The van der Waals surface area contributed by atoms with Crippen LogP contribution in [0.15, 0.2) is 12.1 Å². The third-order valence-corrected chi connectivity index (χ3v) is 1.32. The maximum atomic E-state index is 10.3. The number of phenols is 3. The molecule has 23 heavy (non-hydrogen) atoms. The minimum Gasteiger partial charge on any atom is -0.504 e. The Labute approximate surface area is 136 Å². The first kappa shape index (κ1) is 42.7. The number of phenolic OH excluding ortho intramolecular Hbond substituents is 3. The van der Waals surface area contributed by atoms with Gasteiger partial charge in [0.25, 0.3) is 0 Å². The number of hydrogen-bond acceptors (Lipinski definition) is 8. The molecule has 0 aliphatic heterocycles. The van der Waals surface area contributed by atoms with Crippen molar-refractivity contribution in [1.29, 1.82) is 10.8 Å². The minimum atomic E-state index is -1.29. The Morgan fingerprint density at radius 1 is 0.826 bits per heavy atom. The van der Waals surface area contributed by atoms with Crippen LogP contribution in [0.3, 0.4) is 0 Å². The summed E-state index contributed by atoms with van der Waals surface area (Å²) >= 11 is 0. The van der Waals surface area contributed by atoms with E-state index in [1.54, 1.807) is 0 Å². The van der Waals surface area contributed by atoms with Gasteiger partial charge in [0.05, 0.1) is 5.56 Å². The first-order valence-electron chi connectivity index (χ1n) is 3.91. The van der Waals surface area contributed by atoms with E-state index < -0.39 is 23.2 Å². The van der Waals surface area contributed by atoms with Crippen molar-refractivity contribution in [3.63, 3.8) is 0 Å². The highest BCUT2D eigenvalue weighted by Gasteiger charge is 2.11. The van der Waals surface area contributed by atoms with Gasteiger partial charge in [-0.2, -0.15) is 0 Å². The highest BCUT2D eigenvalue weighted by Crippen LogP contribution is 2.35. The Hall–Kier alpha value is -3.15. The molecule has 1 aromatic carbocycles. The van der Waals surface area contributed by atoms with Crippen molar-refractivity contribution in [3.8, 4) is 17.2 Å². The highest BCUT2D eigenvalue weighted by molar-refractivity contribution is 5.89. The van der Waals surface area contributed by atoms with E-state index in [0.717, 1.165) is 24.3 Å². The quantitative estimate of drug-likeness (QED) is 0.258. The molecule has 0 aliphatic carbocycles. The third kappa shape index (κ3) is 18.9. The van der Waals surface area contributed by atoms with E-state index in [1.165, 1.54) is 0 Å². The molecule has 0 amide bonds. The lowest BCUT2D eigenvalue weighted by molar-refractivity contribution is 0.0696. The molecule has 0 saturated heterocycles. The monoisotopic (exact) mass is 336 g/mol. The van der Waals surface area contributed by atoms with Gasteiger partial charge in [0.15, 0.2) is 17.2 Å². The summed E-state index contributed by atoms with van der Waals surface area (Å²) in [7, 11) is 0. The second-order valence-electron chi connectivity index (χ2n) is 2.37. The molecule has 1 rings (SSSR count). The maximum Gasteiger partial charge on any atom is 0.335 e. The van der Waals surface area contributed by atoms with Crippen LogP contribution in [0.25, 0.3) is 0 Å². The molecule has 6 N–H and O–H groups in total. The van der Waals surface area contributed by atoms with Crippen LogP contribution in [0, 0.1) is 10.8 Å². The van der Waals surface area contributed by atoms with Crippen LogP contribution in [0.1, 0.15) is 47.5 Å². The van der Waals surface area contributed by atoms with Gasteiger partial charge in [-0.3, -0.25) is 0 Å². The molecule has 0 heterocycles. The minimum absolute atomic E-state index is 0. The number of nitrogens with one attached hydrogen (secondary N) is 2. The van der Waals surface area contributed by atoms with Gasteiger partial charge in [-0.1, -0.05) is 37.1 Å². The van der Waals surface area contributed by atoms with E-state index in [9.17, 15) is 4.79 Å². The Kier molecular flexibility index (Phi) is 44.4. The summed E-state index contributed by atoms with van der Waals surface area (Å²) in [5.74, 6) is -3.33. The molecule has 1 aromatic rings. The Morgan fingerprint density at radius 3 is 1.22 bits per heavy atom. The van der Waals surface area contributed by atoms with Gasteiger partial charge in [-0.05, 0) is 12.1 Å². The number of carbonyl (C=O) groups is 1. The smallest absolute Gasteiger partial charge is 0.335 e. The zero-order valence-corrected chi connectivity index (χ0v) is 8.67. The van der Waals surface area contributed by atoms with Gasteiger partial charge in [-0.25, -0.2) is 25.2 Å². The molecule has 0 saturated carbocycles. The number of rotatable bonds is 1. The van der Waals surface area contributed by atoms with E-state index in [0.29, 0.717) is 0 Å². The first-order chi connectivity index (χ1) is 8.35. The summed E-state index contributed by atoms with van der Waals surface area (Å²) in [6.45, 7) is 0. The highest BCUT2D eigenvalue weighted by atomic mass is 16.4. The second-order valence-corrected chi connectivity index (χ2v) is 2.37. The van der Waals surface area contributed by atoms with Gasteiger partial charge in [0, 0.05) is 0 Å². The topological polar surface area (TPSA) is 180 Å². The van der Waals surface area contributed by atoms with Crippen LogP contribution in [-0.4, -0.2) is 38.6 Å². The molecule has 136 valence electrons. The zero-order valence-electron chi connectivity index (χ0n) is 8.67. The Balaban J connectivity index is -0.0000000413. The fourth-order valence-electron chi connectivity index (χ4n) is 0.728. The van der Waals surface area contributed by atoms with Gasteiger partial charge < -0.3 is 20.4 Å². The van der Waals surface area contributed by atoms with Crippen molar-refractivity contribution >= 4 is 18.1 Å². The van der Waals surface area contributed by atoms with E-state index in [2.05, 4.69) is 0 Å². The third-order valence-electron chi connectivity index (χ3n) is 1.32. The summed E-state index contributed by atoms with van der Waals surface area (Å²) in [4.78, 5) is 27.0. The average Bonchev–Trinajstić information content (AvgIpc) is 2.27. The number of carboxylic acid groups (broad SMARTS) is 1.